The predicted octanol–water partition coefficient (Wildman–Crippen LogP) is 4.25. The molecule has 0 aliphatic heterocycles. The van der Waals surface area contributed by atoms with Gasteiger partial charge in [0.15, 0.2) is 0 Å². The van der Waals surface area contributed by atoms with Gasteiger partial charge in [-0.05, 0) is 35.6 Å². The lowest BCUT2D eigenvalue weighted by Crippen LogP contribution is -2.13. The fraction of sp³-hybridized carbons (Fsp3) is 0.500. The molecule has 1 amide bonds. The normalized spacial score (nSPS) is 12.4. The van der Waals surface area contributed by atoms with E-state index in [2.05, 4.69) is 5.32 Å². The summed E-state index contributed by atoms with van der Waals surface area (Å²) in [6.07, 6.45) is -3.91. The third kappa shape index (κ3) is 5.32. The molecule has 0 aliphatic rings. The first-order valence-corrected chi connectivity index (χ1v) is 5.96. The van der Waals surface area contributed by atoms with Gasteiger partial charge in [0.2, 0.25) is 5.91 Å². The zero-order chi connectivity index (χ0) is 14.8. The van der Waals surface area contributed by atoms with E-state index in [1.807, 2.05) is 20.8 Å². The molecule has 0 aliphatic carbocycles. The summed E-state index contributed by atoms with van der Waals surface area (Å²) < 4.78 is 38.4. The van der Waals surface area contributed by atoms with Crippen LogP contribution in [0, 0.1) is 5.41 Å². The summed E-state index contributed by atoms with van der Waals surface area (Å²) in [6, 6.07) is 3.67. The highest BCUT2D eigenvalue weighted by Crippen LogP contribution is 2.33. The molecule has 0 radical (unpaired) electrons. The highest BCUT2D eigenvalue weighted by atomic mass is 19.4. The third-order valence-electron chi connectivity index (χ3n) is 2.37. The van der Waals surface area contributed by atoms with Crippen molar-refractivity contribution in [3.05, 3.63) is 29.3 Å². The number of hydrogen-bond acceptors (Lipinski definition) is 1. The summed E-state index contributed by atoms with van der Waals surface area (Å²) in [5.41, 5.74) is -0.122. The van der Waals surface area contributed by atoms with E-state index in [9.17, 15) is 18.0 Å². The molecule has 1 rings (SSSR count). The molecule has 2 nitrogen and oxygen atoms in total. The van der Waals surface area contributed by atoms with Crippen molar-refractivity contribution in [3.63, 3.8) is 0 Å². The first-order chi connectivity index (χ1) is 8.47. The summed E-state index contributed by atoms with van der Waals surface area (Å²) in [7, 11) is 0. The van der Waals surface area contributed by atoms with Crippen LogP contribution in [0.3, 0.4) is 0 Å². The van der Waals surface area contributed by atoms with Crippen LogP contribution in [0.25, 0.3) is 0 Å². The first-order valence-electron chi connectivity index (χ1n) is 5.96. The zero-order valence-corrected chi connectivity index (χ0v) is 11.5. The number of nitrogens with one attached hydrogen (secondary N) is 1. The van der Waals surface area contributed by atoms with Gasteiger partial charge in [-0.3, -0.25) is 4.79 Å². The molecule has 0 aromatic heterocycles. The molecule has 0 saturated heterocycles. The molecule has 5 heteroatoms. The number of carbonyl (C=O) groups is 1. The van der Waals surface area contributed by atoms with E-state index in [4.69, 9.17) is 0 Å². The Labute approximate surface area is 111 Å². The molecule has 0 fully saturated rings. The van der Waals surface area contributed by atoms with Gasteiger partial charge >= 0.3 is 6.18 Å². The molecule has 0 bridgehead atoms. The molecule has 0 atom stereocenters. The molecule has 106 valence electrons. The average Bonchev–Trinajstić information content (AvgIpc) is 2.11. The Morgan fingerprint density at radius 3 is 2.16 bits per heavy atom. The van der Waals surface area contributed by atoms with Crippen molar-refractivity contribution in [1.82, 2.24) is 0 Å². The van der Waals surface area contributed by atoms with Crippen LogP contribution < -0.4 is 5.32 Å². The topological polar surface area (TPSA) is 29.1 Å². The lowest BCUT2D eigenvalue weighted by atomic mass is 9.87. The highest BCUT2D eigenvalue weighted by Gasteiger charge is 2.31. The Morgan fingerprint density at radius 2 is 1.74 bits per heavy atom. The lowest BCUT2D eigenvalue weighted by molar-refractivity contribution is -0.137. The summed E-state index contributed by atoms with van der Waals surface area (Å²) in [6.45, 7) is 7.12. The smallest absolute Gasteiger partial charge is 0.326 e. The quantitative estimate of drug-likeness (QED) is 0.857. The maximum atomic E-state index is 12.8. The van der Waals surface area contributed by atoms with Gasteiger partial charge in [0.1, 0.15) is 0 Å². The number of hydrogen-bond donors (Lipinski definition) is 1. The minimum Gasteiger partial charge on any atom is -0.326 e. The average molecular weight is 273 g/mol. The number of anilines is 1. The predicted molar refractivity (Wildman–Crippen MR) is 68.9 cm³/mol. The van der Waals surface area contributed by atoms with Gasteiger partial charge in [0.25, 0.3) is 0 Å². The third-order valence-corrected chi connectivity index (χ3v) is 2.37. The van der Waals surface area contributed by atoms with Crippen LogP contribution in [0.2, 0.25) is 0 Å². The molecular weight excluding hydrogens is 255 g/mol. The van der Waals surface area contributed by atoms with Crippen LogP contribution in [0.5, 0.6) is 0 Å². The number of alkyl halides is 3. The summed E-state index contributed by atoms with van der Waals surface area (Å²) in [5.74, 6) is -0.388. The van der Waals surface area contributed by atoms with Gasteiger partial charge in [-0.15, -0.1) is 0 Å². The first kappa shape index (κ1) is 15.5. The van der Waals surface area contributed by atoms with Gasteiger partial charge < -0.3 is 5.32 Å². The van der Waals surface area contributed by atoms with Crippen LogP contribution >= 0.6 is 0 Å². The van der Waals surface area contributed by atoms with Crippen LogP contribution in [-0.4, -0.2) is 5.91 Å². The Morgan fingerprint density at radius 1 is 1.16 bits per heavy atom. The second-order valence-electron chi connectivity index (χ2n) is 5.83. The van der Waals surface area contributed by atoms with E-state index in [1.165, 1.54) is 6.92 Å². The Balaban J connectivity index is 3.20. The Kier molecular flexibility index (Phi) is 4.28. The van der Waals surface area contributed by atoms with E-state index in [1.54, 1.807) is 6.07 Å². The lowest BCUT2D eigenvalue weighted by Gasteiger charge is -2.20. The van der Waals surface area contributed by atoms with Crippen molar-refractivity contribution < 1.29 is 18.0 Å². The second-order valence-corrected chi connectivity index (χ2v) is 5.83. The minimum atomic E-state index is -4.42. The molecule has 19 heavy (non-hydrogen) atoms. The van der Waals surface area contributed by atoms with Gasteiger partial charge in [0.05, 0.1) is 5.56 Å². The highest BCUT2D eigenvalue weighted by molar-refractivity contribution is 5.88. The number of benzene rings is 1. The van der Waals surface area contributed by atoms with Crippen LogP contribution in [-0.2, 0) is 17.4 Å². The van der Waals surface area contributed by atoms with Crippen molar-refractivity contribution in [2.24, 2.45) is 5.41 Å². The molecule has 0 spiro atoms. The van der Waals surface area contributed by atoms with Gasteiger partial charge in [0, 0.05) is 12.6 Å². The molecule has 0 unspecified atom stereocenters. The molecule has 1 aromatic carbocycles. The molecule has 1 aromatic rings. The van der Waals surface area contributed by atoms with E-state index >= 15 is 0 Å². The van der Waals surface area contributed by atoms with Crippen molar-refractivity contribution in [2.45, 2.75) is 40.3 Å². The van der Waals surface area contributed by atoms with E-state index in [-0.39, 0.29) is 17.0 Å². The minimum absolute atomic E-state index is 0.127. The molecule has 0 heterocycles. The van der Waals surface area contributed by atoms with Gasteiger partial charge in [-0.1, -0.05) is 20.8 Å². The van der Waals surface area contributed by atoms with Crippen LogP contribution in [0.4, 0.5) is 18.9 Å². The van der Waals surface area contributed by atoms with Gasteiger partial charge in [-0.2, -0.15) is 13.2 Å². The van der Waals surface area contributed by atoms with Crippen molar-refractivity contribution >= 4 is 11.6 Å². The fourth-order valence-electron chi connectivity index (χ4n) is 1.85. The van der Waals surface area contributed by atoms with Crippen LogP contribution in [0.15, 0.2) is 18.2 Å². The van der Waals surface area contributed by atoms with Crippen molar-refractivity contribution in [2.75, 3.05) is 5.32 Å². The number of carbonyl (C=O) groups excluding carboxylic acids is 1. The number of halogens is 3. The molecule has 1 N–H and O–H groups in total. The number of rotatable bonds is 2. The largest absolute Gasteiger partial charge is 0.416 e. The maximum absolute atomic E-state index is 12.8. The summed E-state index contributed by atoms with van der Waals surface area (Å²) in [4.78, 5) is 11.0. The Hall–Kier alpha value is -1.52. The molecule has 0 saturated carbocycles. The van der Waals surface area contributed by atoms with E-state index in [0.717, 1.165) is 12.1 Å². The Bertz CT molecular complexity index is 473. The fourth-order valence-corrected chi connectivity index (χ4v) is 1.85. The van der Waals surface area contributed by atoms with Crippen LogP contribution in [0.1, 0.15) is 38.8 Å². The van der Waals surface area contributed by atoms with E-state index < -0.39 is 11.7 Å². The monoisotopic (exact) mass is 273 g/mol. The molecular formula is C14H18F3NO. The van der Waals surface area contributed by atoms with Gasteiger partial charge in [-0.25, -0.2) is 0 Å². The van der Waals surface area contributed by atoms with Crippen molar-refractivity contribution in [1.29, 1.82) is 0 Å². The van der Waals surface area contributed by atoms with E-state index in [0.29, 0.717) is 12.0 Å². The van der Waals surface area contributed by atoms with Crippen molar-refractivity contribution in [3.8, 4) is 0 Å². The standard InChI is InChI=1S/C14H18F3NO/c1-9(19)18-12-6-10(8-13(2,3)4)5-11(7-12)14(15,16)17/h5-7H,8H2,1-4H3,(H,18,19). The zero-order valence-electron chi connectivity index (χ0n) is 11.5. The summed E-state index contributed by atoms with van der Waals surface area (Å²) in [5, 5.41) is 2.40. The maximum Gasteiger partial charge on any atom is 0.416 e. The summed E-state index contributed by atoms with van der Waals surface area (Å²) >= 11 is 0. The number of amides is 1. The second kappa shape index (κ2) is 5.23. The SMILES string of the molecule is CC(=O)Nc1cc(CC(C)(C)C)cc(C(F)(F)F)c1.